The molecule has 0 aromatic heterocycles. The van der Waals surface area contributed by atoms with Crippen molar-refractivity contribution in [2.45, 2.75) is 18.0 Å². The van der Waals surface area contributed by atoms with Gasteiger partial charge >= 0.3 is 0 Å². The number of nitrogens with zero attached hydrogens (tertiary/aromatic N) is 1. The molecule has 0 fully saturated rings. The van der Waals surface area contributed by atoms with Crippen LogP contribution in [0.4, 0.5) is 5.69 Å². The molecule has 0 heterocycles. The second-order valence-electron chi connectivity index (χ2n) is 8.62. The highest BCUT2D eigenvalue weighted by molar-refractivity contribution is 7.89. The van der Waals surface area contributed by atoms with E-state index in [4.69, 9.17) is 14.2 Å². The molecule has 0 radical (unpaired) electrons. The first kappa shape index (κ1) is 27.7. The quantitative estimate of drug-likeness (QED) is 0.265. The molecular weight excluding hydrogens is 516 g/mol. The van der Waals surface area contributed by atoms with E-state index in [2.05, 4.69) is 5.32 Å². The van der Waals surface area contributed by atoms with Crippen molar-refractivity contribution in [1.29, 1.82) is 0 Å². The van der Waals surface area contributed by atoms with Crippen LogP contribution in [0.5, 0.6) is 17.2 Å². The zero-order valence-corrected chi connectivity index (χ0v) is 22.6. The van der Waals surface area contributed by atoms with E-state index in [1.54, 1.807) is 24.3 Å². The summed E-state index contributed by atoms with van der Waals surface area (Å²) in [7, 11) is -1.16. The second-order valence-corrected chi connectivity index (χ2v) is 10.6. The maximum absolute atomic E-state index is 13.7. The first-order valence-corrected chi connectivity index (χ1v) is 13.7. The van der Waals surface area contributed by atoms with Crippen LogP contribution in [0.25, 0.3) is 0 Å². The number of hydrogen-bond acceptors (Lipinski definition) is 6. The van der Waals surface area contributed by atoms with Crippen molar-refractivity contribution in [3.05, 3.63) is 114 Å². The molecule has 0 unspecified atom stereocenters. The lowest BCUT2D eigenvalue weighted by Gasteiger charge is -2.22. The maximum atomic E-state index is 13.7. The molecule has 1 N–H and O–H groups in total. The highest BCUT2D eigenvalue weighted by atomic mass is 32.2. The van der Waals surface area contributed by atoms with Gasteiger partial charge in [0.1, 0.15) is 12.4 Å². The van der Waals surface area contributed by atoms with Gasteiger partial charge in [-0.1, -0.05) is 60.7 Å². The Kier molecular flexibility index (Phi) is 9.19. The average Bonchev–Trinajstić information content (AvgIpc) is 2.97. The third kappa shape index (κ3) is 7.37. The number of carbonyl (C=O) groups is 1. The first-order chi connectivity index (χ1) is 18.9. The van der Waals surface area contributed by atoms with Gasteiger partial charge in [0.15, 0.2) is 11.5 Å². The molecule has 4 aromatic rings. The number of nitrogens with one attached hydrogen (secondary N) is 1. The maximum Gasteiger partial charge on any atom is 0.243 e. The van der Waals surface area contributed by atoms with E-state index in [1.165, 1.54) is 32.4 Å². The van der Waals surface area contributed by atoms with E-state index in [1.807, 2.05) is 60.7 Å². The van der Waals surface area contributed by atoms with Crippen LogP contribution >= 0.6 is 0 Å². The summed E-state index contributed by atoms with van der Waals surface area (Å²) in [6.07, 6.45) is 0. The number of anilines is 1. The third-order valence-electron chi connectivity index (χ3n) is 5.90. The molecule has 0 aliphatic rings. The summed E-state index contributed by atoms with van der Waals surface area (Å²) >= 11 is 0. The Morgan fingerprint density at radius 1 is 0.769 bits per heavy atom. The molecule has 4 aromatic carbocycles. The van der Waals surface area contributed by atoms with Crippen molar-refractivity contribution in [3.63, 3.8) is 0 Å². The van der Waals surface area contributed by atoms with Gasteiger partial charge < -0.3 is 19.5 Å². The number of ether oxygens (including phenoxy) is 3. The van der Waals surface area contributed by atoms with Gasteiger partial charge in [-0.15, -0.1) is 0 Å². The summed E-state index contributed by atoms with van der Waals surface area (Å²) in [6.45, 7) is 0.0457. The van der Waals surface area contributed by atoms with Gasteiger partial charge in [0, 0.05) is 18.3 Å². The standard InChI is InChI=1S/C30H30N2O6S/c1-36-28-18-17-27(19-29(28)37-2)39(34,35)32(20-23-9-5-3-6-10-23)21-30(33)31-25-13-15-26(16-14-25)38-22-24-11-7-4-8-12-24/h3-19H,20-22H2,1-2H3,(H,31,33). The minimum absolute atomic E-state index is 0.0104. The van der Waals surface area contributed by atoms with Gasteiger partial charge in [-0.05, 0) is 47.5 Å². The highest BCUT2D eigenvalue weighted by Crippen LogP contribution is 2.31. The molecule has 4 rings (SSSR count). The smallest absolute Gasteiger partial charge is 0.243 e. The van der Waals surface area contributed by atoms with E-state index < -0.39 is 22.5 Å². The topological polar surface area (TPSA) is 94.2 Å². The van der Waals surface area contributed by atoms with Crippen LogP contribution < -0.4 is 19.5 Å². The van der Waals surface area contributed by atoms with Crippen LogP contribution in [-0.4, -0.2) is 39.4 Å². The number of sulfonamides is 1. The van der Waals surface area contributed by atoms with Crippen molar-refractivity contribution in [3.8, 4) is 17.2 Å². The van der Waals surface area contributed by atoms with E-state index in [0.717, 1.165) is 15.4 Å². The number of benzene rings is 4. The molecule has 0 aliphatic heterocycles. The molecule has 1 amide bonds. The van der Waals surface area contributed by atoms with Gasteiger partial charge in [-0.25, -0.2) is 8.42 Å². The van der Waals surface area contributed by atoms with Gasteiger partial charge in [0.05, 0.1) is 25.7 Å². The molecule has 202 valence electrons. The normalized spacial score (nSPS) is 11.2. The van der Waals surface area contributed by atoms with Crippen molar-refractivity contribution in [1.82, 2.24) is 4.31 Å². The Morgan fingerprint density at radius 2 is 1.38 bits per heavy atom. The second kappa shape index (κ2) is 12.9. The molecule has 0 bridgehead atoms. The molecule has 8 nitrogen and oxygen atoms in total. The van der Waals surface area contributed by atoms with E-state index in [0.29, 0.717) is 23.8 Å². The van der Waals surface area contributed by atoms with Crippen LogP contribution in [0, 0.1) is 0 Å². The van der Waals surface area contributed by atoms with Gasteiger partial charge in [0.2, 0.25) is 15.9 Å². The van der Waals surface area contributed by atoms with Crippen molar-refractivity contribution in [2.75, 3.05) is 26.1 Å². The number of hydrogen-bond donors (Lipinski definition) is 1. The summed E-state index contributed by atoms with van der Waals surface area (Å²) in [4.78, 5) is 13.0. The van der Waals surface area contributed by atoms with Crippen molar-refractivity contribution >= 4 is 21.6 Å². The van der Waals surface area contributed by atoms with E-state index in [9.17, 15) is 13.2 Å². The fourth-order valence-electron chi connectivity index (χ4n) is 3.88. The Balaban J connectivity index is 1.48. The van der Waals surface area contributed by atoms with Crippen LogP contribution in [0.3, 0.4) is 0 Å². The van der Waals surface area contributed by atoms with Gasteiger partial charge in [-0.3, -0.25) is 4.79 Å². The zero-order chi connectivity index (χ0) is 27.7. The average molecular weight is 547 g/mol. The van der Waals surface area contributed by atoms with Crippen molar-refractivity contribution < 1.29 is 27.4 Å². The lowest BCUT2D eigenvalue weighted by Crippen LogP contribution is -2.37. The van der Waals surface area contributed by atoms with Gasteiger partial charge in [-0.2, -0.15) is 4.31 Å². The predicted octanol–water partition coefficient (Wildman–Crippen LogP) is 5.11. The van der Waals surface area contributed by atoms with Crippen LogP contribution in [0.1, 0.15) is 11.1 Å². The Morgan fingerprint density at radius 3 is 2.00 bits per heavy atom. The lowest BCUT2D eigenvalue weighted by molar-refractivity contribution is -0.116. The largest absolute Gasteiger partial charge is 0.493 e. The molecule has 9 heteroatoms. The summed E-state index contributed by atoms with van der Waals surface area (Å²) in [6, 6.07) is 30.2. The Hall–Kier alpha value is -4.34. The number of carbonyl (C=O) groups excluding carboxylic acids is 1. The molecule has 0 spiro atoms. The SMILES string of the molecule is COc1ccc(S(=O)(=O)N(CC(=O)Nc2ccc(OCc3ccccc3)cc2)Cc2ccccc2)cc1OC. The predicted molar refractivity (Wildman–Crippen MR) is 149 cm³/mol. The summed E-state index contributed by atoms with van der Waals surface area (Å²) in [5.74, 6) is 0.851. The third-order valence-corrected chi connectivity index (χ3v) is 7.69. The molecule has 0 saturated heterocycles. The minimum atomic E-state index is -4.07. The summed E-state index contributed by atoms with van der Waals surface area (Å²) in [5.41, 5.74) is 2.31. The summed E-state index contributed by atoms with van der Waals surface area (Å²) < 4.78 is 44.8. The number of amides is 1. The zero-order valence-electron chi connectivity index (χ0n) is 21.7. The summed E-state index contributed by atoms with van der Waals surface area (Å²) in [5, 5.41) is 2.78. The molecule has 0 aliphatic carbocycles. The fraction of sp³-hybridized carbons (Fsp3) is 0.167. The van der Waals surface area contributed by atoms with Crippen LogP contribution in [0.2, 0.25) is 0 Å². The van der Waals surface area contributed by atoms with Crippen LogP contribution in [-0.2, 0) is 28.0 Å². The van der Waals surface area contributed by atoms with E-state index >= 15 is 0 Å². The fourth-order valence-corrected chi connectivity index (χ4v) is 5.28. The van der Waals surface area contributed by atoms with E-state index in [-0.39, 0.29) is 17.2 Å². The first-order valence-electron chi connectivity index (χ1n) is 12.2. The van der Waals surface area contributed by atoms with Crippen molar-refractivity contribution in [2.24, 2.45) is 0 Å². The monoisotopic (exact) mass is 546 g/mol. The number of methoxy groups -OCH3 is 2. The molecule has 0 saturated carbocycles. The van der Waals surface area contributed by atoms with Crippen LogP contribution in [0.15, 0.2) is 108 Å². The molecular formula is C30H30N2O6S. The van der Waals surface area contributed by atoms with Gasteiger partial charge in [0.25, 0.3) is 0 Å². The highest BCUT2D eigenvalue weighted by Gasteiger charge is 2.28. The molecule has 39 heavy (non-hydrogen) atoms. The Labute approximate surface area is 228 Å². The number of rotatable bonds is 12. The minimum Gasteiger partial charge on any atom is -0.493 e. The lowest BCUT2D eigenvalue weighted by atomic mass is 10.2. The molecule has 0 atom stereocenters. The Bertz CT molecular complexity index is 1480.